The summed E-state index contributed by atoms with van der Waals surface area (Å²) in [5, 5.41) is 7.76. The lowest BCUT2D eigenvalue weighted by atomic mass is 10.1. The predicted octanol–water partition coefficient (Wildman–Crippen LogP) is 3.10. The monoisotopic (exact) mass is 236 g/mol. The van der Waals surface area contributed by atoms with Crippen molar-refractivity contribution in [2.24, 2.45) is 0 Å². The van der Waals surface area contributed by atoms with Gasteiger partial charge in [-0.1, -0.05) is 35.8 Å². The molecule has 0 bridgehead atoms. The quantitative estimate of drug-likeness (QED) is 0.887. The van der Waals surface area contributed by atoms with Crippen molar-refractivity contribution in [3.05, 3.63) is 41.0 Å². The van der Waals surface area contributed by atoms with E-state index in [0.717, 1.165) is 30.0 Å². The summed E-state index contributed by atoms with van der Waals surface area (Å²) in [5.41, 5.74) is 2.00. The summed E-state index contributed by atoms with van der Waals surface area (Å²) >= 11 is 5.94. The van der Waals surface area contributed by atoms with E-state index in [1.54, 1.807) is 6.20 Å². The van der Waals surface area contributed by atoms with Gasteiger partial charge in [-0.15, -0.1) is 0 Å². The predicted molar refractivity (Wildman–Crippen MR) is 64.3 cm³/mol. The number of nitrogens with one attached hydrogen (secondary N) is 1. The van der Waals surface area contributed by atoms with E-state index in [1.807, 2.05) is 24.3 Å². The molecule has 0 atom stereocenters. The second-order valence-electron chi connectivity index (χ2n) is 3.47. The van der Waals surface area contributed by atoms with E-state index < -0.39 is 0 Å². The van der Waals surface area contributed by atoms with Crippen LogP contribution >= 0.6 is 11.6 Å². The van der Waals surface area contributed by atoms with Crippen LogP contribution in [-0.2, 0) is 6.54 Å². The molecule has 0 aliphatic carbocycles. The maximum absolute atomic E-state index is 5.94. The molecule has 1 heterocycles. The largest absolute Gasteiger partial charge is 0.356 e. The van der Waals surface area contributed by atoms with Crippen LogP contribution in [0.2, 0.25) is 5.02 Å². The number of benzene rings is 1. The molecule has 0 aliphatic rings. The van der Waals surface area contributed by atoms with Crippen molar-refractivity contribution in [1.29, 1.82) is 0 Å². The van der Waals surface area contributed by atoms with E-state index in [9.17, 15) is 0 Å². The number of rotatable bonds is 4. The standard InChI is InChI=1S/C12H13ClN2O/c1-2-14-7-10-8-15-16-12(10)9-4-3-5-11(13)6-9/h3-6,8,14H,2,7H2,1H3. The van der Waals surface area contributed by atoms with Crippen LogP contribution < -0.4 is 5.32 Å². The molecule has 1 N–H and O–H groups in total. The number of hydrogen-bond acceptors (Lipinski definition) is 3. The summed E-state index contributed by atoms with van der Waals surface area (Å²) in [6.07, 6.45) is 1.74. The Hall–Kier alpha value is -1.32. The van der Waals surface area contributed by atoms with Crippen molar-refractivity contribution in [2.75, 3.05) is 6.54 Å². The summed E-state index contributed by atoms with van der Waals surface area (Å²) in [4.78, 5) is 0. The van der Waals surface area contributed by atoms with Crippen molar-refractivity contribution in [3.63, 3.8) is 0 Å². The van der Waals surface area contributed by atoms with E-state index in [4.69, 9.17) is 16.1 Å². The second kappa shape index (κ2) is 5.14. The Morgan fingerprint density at radius 3 is 3.06 bits per heavy atom. The molecule has 0 radical (unpaired) electrons. The van der Waals surface area contributed by atoms with Gasteiger partial charge in [0.05, 0.1) is 6.20 Å². The summed E-state index contributed by atoms with van der Waals surface area (Å²) in [7, 11) is 0. The highest BCUT2D eigenvalue weighted by molar-refractivity contribution is 6.30. The third-order valence-corrected chi connectivity index (χ3v) is 2.53. The Bertz CT molecular complexity index is 468. The van der Waals surface area contributed by atoms with Gasteiger partial charge in [0.1, 0.15) is 0 Å². The molecule has 1 aromatic carbocycles. The molecule has 16 heavy (non-hydrogen) atoms. The van der Waals surface area contributed by atoms with Crippen molar-refractivity contribution >= 4 is 11.6 Å². The second-order valence-corrected chi connectivity index (χ2v) is 3.91. The average molecular weight is 237 g/mol. The first-order chi connectivity index (χ1) is 7.81. The summed E-state index contributed by atoms with van der Waals surface area (Å²) in [6.45, 7) is 3.73. The molecule has 0 aliphatic heterocycles. The normalized spacial score (nSPS) is 10.6. The highest BCUT2D eigenvalue weighted by atomic mass is 35.5. The van der Waals surface area contributed by atoms with Gasteiger partial charge in [0.2, 0.25) is 0 Å². The van der Waals surface area contributed by atoms with Gasteiger partial charge in [0.15, 0.2) is 5.76 Å². The van der Waals surface area contributed by atoms with Gasteiger partial charge in [-0.3, -0.25) is 0 Å². The van der Waals surface area contributed by atoms with Crippen LogP contribution in [0.5, 0.6) is 0 Å². The topological polar surface area (TPSA) is 38.1 Å². The molecular weight excluding hydrogens is 224 g/mol. The molecule has 0 unspecified atom stereocenters. The lowest BCUT2D eigenvalue weighted by Crippen LogP contribution is -2.11. The molecular formula is C12H13ClN2O. The highest BCUT2D eigenvalue weighted by Crippen LogP contribution is 2.25. The summed E-state index contributed by atoms with van der Waals surface area (Å²) in [6, 6.07) is 7.57. The first-order valence-corrected chi connectivity index (χ1v) is 5.59. The molecule has 2 aromatic rings. The number of hydrogen-bond donors (Lipinski definition) is 1. The third-order valence-electron chi connectivity index (χ3n) is 2.30. The Kier molecular flexibility index (Phi) is 3.59. The fourth-order valence-electron chi connectivity index (χ4n) is 1.51. The Morgan fingerprint density at radius 1 is 1.44 bits per heavy atom. The molecule has 0 fully saturated rings. The van der Waals surface area contributed by atoms with Crippen molar-refractivity contribution in [2.45, 2.75) is 13.5 Å². The molecule has 0 amide bonds. The average Bonchev–Trinajstić information content (AvgIpc) is 2.74. The Morgan fingerprint density at radius 2 is 2.31 bits per heavy atom. The molecule has 2 rings (SSSR count). The van der Waals surface area contributed by atoms with Crippen LogP contribution in [0.4, 0.5) is 0 Å². The highest BCUT2D eigenvalue weighted by Gasteiger charge is 2.10. The van der Waals surface area contributed by atoms with Crippen LogP contribution in [0, 0.1) is 0 Å². The molecule has 3 nitrogen and oxygen atoms in total. The van der Waals surface area contributed by atoms with Crippen molar-refractivity contribution < 1.29 is 4.52 Å². The maximum atomic E-state index is 5.94. The maximum Gasteiger partial charge on any atom is 0.171 e. The zero-order valence-corrected chi connectivity index (χ0v) is 9.79. The fraction of sp³-hybridized carbons (Fsp3) is 0.250. The SMILES string of the molecule is CCNCc1cnoc1-c1cccc(Cl)c1. The van der Waals surface area contributed by atoms with E-state index in [1.165, 1.54) is 0 Å². The van der Waals surface area contributed by atoms with Gasteiger partial charge >= 0.3 is 0 Å². The minimum absolute atomic E-state index is 0.698. The Balaban J connectivity index is 2.29. The van der Waals surface area contributed by atoms with Crippen LogP contribution in [0.25, 0.3) is 11.3 Å². The van der Waals surface area contributed by atoms with E-state index >= 15 is 0 Å². The van der Waals surface area contributed by atoms with Gasteiger partial charge < -0.3 is 9.84 Å². The van der Waals surface area contributed by atoms with Gasteiger partial charge in [-0.05, 0) is 18.7 Å². The summed E-state index contributed by atoms with van der Waals surface area (Å²) < 4.78 is 5.25. The van der Waals surface area contributed by atoms with Gasteiger partial charge in [0, 0.05) is 22.7 Å². The zero-order chi connectivity index (χ0) is 11.4. The minimum Gasteiger partial charge on any atom is -0.356 e. The number of halogens is 1. The van der Waals surface area contributed by atoms with Crippen LogP contribution in [0.3, 0.4) is 0 Å². The molecule has 0 saturated heterocycles. The van der Waals surface area contributed by atoms with Crippen LogP contribution in [-0.4, -0.2) is 11.7 Å². The summed E-state index contributed by atoms with van der Waals surface area (Å²) in [5.74, 6) is 0.781. The van der Waals surface area contributed by atoms with E-state index in [-0.39, 0.29) is 0 Å². The molecule has 4 heteroatoms. The van der Waals surface area contributed by atoms with Gasteiger partial charge in [0.25, 0.3) is 0 Å². The van der Waals surface area contributed by atoms with Crippen LogP contribution in [0.15, 0.2) is 35.0 Å². The lowest BCUT2D eigenvalue weighted by molar-refractivity contribution is 0.431. The third kappa shape index (κ3) is 2.43. The molecule has 1 aromatic heterocycles. The smallest absolute Gasteiger partial charge is 0.171 e. The molecule has 0 spiro atoms. The zero-order valence-electron chi connectivity index (χ0n) is 9.03. The lowest BCUT2D eigenvalue weighted by Gasteiger charge is -2.02. The number of nitrogens with zero attached hydrogens (tertiary/aromatic N) is 1. The van der Waals surface area contributed by atoms with Gasteiger partial charge in [-0.25, -0.2) is 0 Å². The minimum atomic E-state index is 0.698. The van der Waals surface area contributed by atoms with E-state index in [0.29, 0.717) is 5.02 Å². The fourth-order valence-corrected chi connectivity index (χ4v) is 1.70. The first kappa shape index (κ1) is 11.2. The molecule has 0 saturated carbocycles. The van der Waals surface area contributed by atoms with Crippen molar-refractivity contribution in [3.8, 4) is 11.3 Å². The number of aromatic nitrogens is 1. The van der Waals surface area contributed by atoms with Crippen molar-refractivity contribution in [1.82, 2.24) is 10.5 Å². The van der Waals surface area contributed by atoms with E-state index in [2.05, 4.69) is 17.4 Å². The Labute approximate surface area is 99.4 Å². The van der Waals surface area contributed by atoms with Crippen LogP contribution in [0.1, 0.15) is 12.5 Å². The molecule has 84 valence electrons. The first-order valence-electron chi connectivity index (χ1n) is 5.21. The van der Waals surface area contributed by atoms with Gasteiger partial charge in [-0.2, -0.15) is 0 Å².